The number of rotatable bonds is 3. The van der Waals surface area contributed by atoms with Crippen molar-refractivity contribution in [1.29, 1.82) is 0 Å². The molecule has 0 radical (unpaired) electrons. The summed E-state index contributed by atoms with van der Waals surface area (Å²) >= 11 is 0. The van der Waals surface area contributed by atoms with E-state index in [4.69, 9.17) is 5.73 Å². The van der Waals surface area contributed by atoms with Gasteiger partial charge in [-0.3, -0.25) is 9.78 Å². The predicted molar refractivity (Wildman–Crippen MR) is 69.2 cm³/mol. The first-order valence-corrected chi connectivity index (χ1v) is 5.56. The van der Waals surface area contributed by atoms with Gasteiger partial charge in [-0.1, -0.05) is 24.3 Å². The van der Waals surface area contributed by atoms with E-state index in [9.17, 15) is 9.90 Å². The van der Waals surface area contributed by atoms with Gasteiger partial charge in [0.2, 0.25) is 0 Å². The molecule has 1 aromatic carbocycles. The molecule has 1 unspecified atom stereocenters. The fraction of sp³-hybridized carbons (Fsp3) is 0.143. The maximum absolute atomic E-state index is 11.7. The summed E-state index contributed by atoms with van der Waals surface area (Å²) in [6.45, 7) is 1.61. The number of pyridine rings is 1. The third-order valence-corrected chi connectivity index (χ3v) is 3.10. The number of aromatic nitrogens is 1. The molecule has 0 saturated carbocycles. The van der Waals surface area contributed by atoms with Crippen LogP contribution in [0.15, 0.2) is 48.7 Å². The Kier molecular flexibility index (Phi) is 3.02. The Balaban J connectivity index is 2.67. The second-order valence-corrected chi connectivity index (χ2v) is 4.23. The van der Waals surface area contributed by atoms with Crippen molar-refractivity contribution < 1.29 is 9.90 Å². The maximum Gasteiger partial charge on any atom is 0.320 e. The topological polar surface area (TPSA) is 76.2 Å². The Bertz CT molecular complexity index is 569. The van der Waals surface area contributed by atoms with Gasteiger partial charge >= 0.3 is 5.97 Å². The summed E-state index contributed by atoms with van der Waals surface area (Å²) in [6.07, 6.45) is 1.58. The fourth-order valence-corrected chi connectivity index (χ4v) is 1.97. The van der Waals surface area contributed by atoms with Gasteiger partial charge < -0.3 is 10.8 Å². The van der Waals surface area contributed by atoms with Gasteiger partial charge in [0.1, 0.15) is 5.41 Å². The fourth-order valence-electron chi connectivity index (χ4n) is 1.97. The van der Waals surface area contributed by atoms with Crippen molar-refractivity contribution in [1.82, 2.24) is 4.98 Å². The van der Waals surface area contributed by atoms with Crippen molar-refractivity contribution in [3.8, 4) is 0 Å². The number of nitrogens with zero attached hydrogens (tertiary/aromatic N) is 1. The lowest BCUT2D eigenvalue weighted by molar-refractivity contribution is -0.141. The quantitative estimate of drug-likeness (QED) is 0.808. The van der Waals surface area contributed by atoms with E-state index in [2.05, 4.69) is 4.98 Å². The zero-order valence-electron chi connectivity index (χ0n) is 10.00. The maximum atomic E-state index is 11.7. The van der Waals surface area contributed by atoms with E-state index in [0.717, 1.165) is 0 Å². The monoisotopic (exact) mass is 242 g/mol. The molecule has 2 aromatic rings. The van der Waals surface area contributed by atoms with Crippen LogP contribution in [-0.4, -0.2) is 16.1 Å². The highest BCUT2D eigenvalue weighted by molar-refractivity contribution is 5.87. The summed E-state index contributed by atoms with van der Waals surface area (Å²) < 4.78 is 0. The molecule has 18 heavy (non-hydrogen) atoms. The highest BCUT2D eigenvalue weighted by Crippen LogP contribution is 2.34. The molecule has 0 aliphatic carbocycles. The second kappa shape index (κ2) is 4.49. The minimum absolute atomic E-state index is 0.452. The molecule has 1 atom stereocenters. The molecule has 0 bridgehead atoms. The van der Waals surface area contributed by atoms with Crippen LogP contribution in [0.3, 0.4) is 0 Å². The highest BCUT2D eigenvalue weighted by Gasteiger charge is 2.39. The van der Waals surface area contributed by atoms with Gasteiger partial charge in [0.05, 0.1) is 5.69 Å². The number of hydrogen-bond acceptors (Lipinski definition) is 3. The van der Waals surface area contributed by atoms with Gasteiger partial charge in [0, 0.05) is 11.9 Å². The third kappa shape index (κ3) is 1.82. The van der Waals surface area contributed by atoms with Crippen LogP contribution in [0.4, 0.5) is 5.69 Å². The molecule has 0 fully saturated rings. The number of nitrogen functional groups attached to an aromatic ring is 1. The zero-order valence-corrected chi connectivity index (χ0v) is 10.00. The van der Waals surface area contributed by atoms with Crippen molar-refractivity contribution in [3.63, 3.8) is 0 Å². The normalized spacial score (nSPS) is 13.8. The minimum Gasteiger partial charge on any atom is -0.480 e. The molecule has 0 spiro atoms. The van der Waals surface area contributed by atoms with Crippen LogP contribution in [0.25, 0.3) is 0 Å². The van der Waals surface area contributed by atoms with Gasteiger partial charge in [-0.25, -0.2) is 0 Å². The van der Waals surface area contributed by atoms with Gasteiger partial charge in [-0.15, -0.1) is 0 Å². The first-order valence-electron chi connectivity index (χ1n) is 5.56. The number of carboxylic acid groups (broad SMARTS) is 1. The van der Waals surface area contributed by atoms with Crippen LogP contribution >= 0.6 is 0 Å². The lowest BCUT2D eigenvalue weighted by Gasteiger charge is -2.26. The molecule has 3 N–H and O–H groups in total. The number of benzene rings is 1. The van der Waals surface area contributed by atoms with Crippen LogP contribution in [0.2, 0.25) is 0 Å². The van der Waals surface area contributed by atoms with Gasteiger partial charge in [0.25, 0.3) is 0 Å². The summed E-state index contributed by atoms with van der Waals surface area (Å²) in [4.78, 5) is 15.8. The summed E-state index contributed by atoms with van der Waals surface area (Å²) in [5.74, 6) is -0.973. The van der Waals surface area contributed by atoms with Crippen LogP contribution in [-0.2, 0) is 10.2 Å². The summed E-state index contributed by atoms with van der Waals surface area (Å²) in [5, 5.41) is 9.57. The van der Waals surface area contributed by atoms with E-state index in [1.165, 1.54) is 0 Å². The smallest absolute Gasteiger partial charge is 0.320 e. The second-order valence-electron chi connectivity index (χ2n) is 4.23. The lowest BCUT2D eigenvalue weighted by Crippen LogP contribution is -2.35. The van der Waals surface area contributed by atoms with Crippen molar-refractivity contribution in [2.24, 2.45) is 0 Å². The van der Waals surface area contributed by atoms with Gasteiger partial charge in [-0.05, 0) is 30.7 Å². The number of carboxylic acids is 1. The summed E-state index contributed by atoms with van der Waals surface area (Å²) in [6, 6.07) is 12.2. The first kappa shape index (κ1) is 12.1. The van der Waals surface area contributed by atoms with Gasteiger partial charge in [-0.2, -0.15) is 0 Å². The van der Waals surface area contributed by atoms with E-state index >= 15 is 0 Å². The minimum atomic E-state index is -1.24. The molecule has 0 amide bonds. The molecule has 0 aliphatic heterocycles. The molecule has 1 aromatic heterocycles. The predicted octanol–water partition coefficient (Wildman–Crippen LogP) is 2.05. The number of hydrogen-bond donors (Lipinski definition) is 2. The largest absolute Gasteiger partial charge is 0.480 e. The Hall–Kier alpha value is -2.36. The van der Waals surface area contributed by atoms with E-state index in [1.54, 1.807) is 55.6 Å². The SMILES string of the molecule is CC(C(=O)O)(c1ccccn1)c1ccccc1N. The zero-order chi connectivity index (χ0) is 13.2. The molecule has 4 heteroatoms. The molecule has 4 nitrogen and oxygen atoms in total. The molecular weight excluding hydrogens is 228 g/mol. The number of para-hydroxylation sites is 1. The van der Waals surface area contributed by atoms with E-state index in [0.29, 0.717) is 16.9 Å². The van der Waals surface area contributed by atoms with Crippen LogP contribution in [0, 0.1) is 0 Å². The Morgan fingerprint density at radius 1 is 1.22 bits per heavy atom. The van der Waals surface area contributed by atoms with E-state index < -0.39 is 11.4 Å². The standard InChI is InChI=1S/C14H14N2O2/c1-14(13(17)18,12-8-4-5-9-16-12)10-6-2-3-7-11(10)15/h2-9H,15H2,1H3,(H,17,18). The molecule has 92 valence electrons. The summed E-state index contributed by atoms with van der Waals surface area (Å²) in [7, 11) is 0. The van der Waals surface area contributed by atoms with Crippen molar-refractivity contribution in [2.45, 2.75) is 12.3 Å². The first-order chi connectivity index (χ1) is 8.56. The van der Waals surface area contributed by atoms with Gasteiger partial charge in [0.15, 0.2) is 0 Å². The summed E-state index contributed by atoms with van der Waals surface area (Å²) in [5.41, 5.74) is 6.12. The highest BCUT2D eigenvalue weighted by atomic mass is 16.4. The average molecular weight is 242 g/mol. The van der Waals surface area contributed by atoms with E-state index in [1.807, 2.05) is 0 Å². The number of aliphatic carboxylic acids is 1. The van der Waals surface area contributed by atoms with E-state index in [-0.39, 0.29) is 0 Å². The Morgan fingerprint density at radius 3 is 2.44 bits per heavy atom. The molecule has 0 aliphatic rings. The van der Waals surface area contributed by atoms with Crippen molar-refractivity contribution in [3.05, 3.63) is 59.9 Å². The number of anilines is 1. The van der Waals surface area contributed by atoms with Crippen molar-refractivity contribution in [2.75, 3.05) is 5.73 Å². The Morgan fingerprint density at radius 2 is 1.89 bits per heavy atom. The van der Waals surface area contributed by atoms with Crippen LogP contribution in [0.1, 0.15) is 18.2 Å². The van der Waals surface area contributed by atoms with Crippen molar-refractivity contribution >= 4 is 11.7 Å². The van der Waals surface area contributed by atoms with Crippen LogP contribution in [0.5, 0.6) is 0 Å². The number of carbonyl (C=O) groups is 1. The molecule has 1 heterocycles. The average Bonchev–Trinajstić information content (AvgIpc) is 2.39. The number of nitrogens with two attached hydrogens (primary N) is 1. The lowest BCUT2D eigenvalue weighted by atomic mass is 9.78. The molecule has 0 saturated heterocycles. The molecule has 2 rings (SSSR count). The Labute approximate surface area is 105 Å². The molecular formula is C14H14N2O2. The van der Waals surface area contributed by atoms with Crippen LogP contribution < -0.4 is 5.73 Å². The third-order valence-electron chi connectivity index (χ3n) is 3.10.